The number of hydrogen-bond donors (Lipinski definition) is 0. The predicted octanol–water partition coefficient (Wildman–Crippen LogP) is 5.93. The van der Waals surface area contributed by atoms with E-state index in [9.17, 15) is 9.59 Å². The summed E-state index contributed by atoms with van der Waals surface area (Å²) in [7, 11) is 0. The van der Waals surface area contributed by atoms with Crippen LogP contribution >= 0.6 is 15.9 Å². The number of esters is 1. The maximum absolute atomic E-state index is 12.7. The van der Waals surface area contributed by atoms with Crippen molar-refractivity contribution in [3.63, 3.8) is 0 Å². The molecule has 0 N–H and O–H groups in total. The van der Waals surface area contributed by atoms with Gasteiger partial charge in [-0.2, -0.15) is 0 Å². The Morgan fingerprint density at radius 1 is 0.964 bits per heavy atom. The van der Waals surface area contributed by atoms with Gasteiger partial charge in [-0.3, -0.25) is 9.59 Å². The van der Waals surface area contributed by atoms with Gasteiger partial charge in [-0.05, 0) is 98.7 Å². The lowest BCUT2D eigenvalue weighted by Crippen LogP contribution is -2.57. The molecule has 0 aromatic rings. The zero-order valence-corrected chi connectivity index (χ0v) is 19.8. The first-order chi connectivity index (χ1) is 13.0. The van der Waals surface area contributed by atoms with Crippen molar-refractivity contribution in [1.82, 2.24) is 0 Å². The van der Waals surface area contributed by atoms with Gasteiger partial charge < -0.3 is 4.74 Å². The second kappa shape index (κ2) is 6.82. The summed E-state index contributed by atoms with van der Waals surface area (Å²) in [4.78, 5) is 24.2. The van der Waals surface area contributed by atoms with E-state index in [2.05, 4.69) is 36.7 Å². The fourth-order valence-electron chi connectivity index (χ4n) is 8.62. The molecule has 0 spiro atoms. The topological polar surface area (TPSA) is 43.4 Å². The number of carbonyl (C=O) groups excluding carboxylic acids is 2. The van der Waals surface area contributed by atoms with Crippen molar-refractivity contribution in [1.29, 1.82) is 0 Å². The van der Waals surface area contributed by atoms with Crippen molar-refractivity contribution in [2.75, 3.05) is 0 Å². The molecule has 4 heteroatoms. The molecule has 9 atom stereocenters. The SMILES string of the molecule is CC(=O)O[C@@H]1CC[C@@]2(C)[C@@H](CC[C@@H]3[C@H]2CC[C@@]2(C)[C@H]3C[C@@H](C)[C@]2(Br)C(C)=O)C1. The van der Waals surface area contributed by atoms with Crippen LogP contribution in [0.2, 0.25) is 0 Å². The second-order valence-electron chi connectivity index (χ2n) is 11.0. The van der Waals surface area contributed by atoms with E-state index in [1.54, 1.807) is 6.92 Å². The normalized spacial score (nSPS) is 52.9. The fraction of sp³-hybridized carbons (Fsp3) is 0.917. The van der Waals surface area contributed by atoms with Crippen LogP contribution in [0.3, 0.4) is 0 Å². The number of rotatable bonds is 2. The van der Waals surface area contributed by atoms with E-state index in [-0.39, 0.29) is 21.8 Å². The minimum absolute atomic E-state index is 0.0809. The molecular weight excluding hydrogens is 416 g/mol. The Morgan fingerprint density at radius 3 is 2.32 bits per heavy atom. The molecule has 0 bridgehead atoms. The third-order valence-corrected chi connectivity index (χ3v) is 12.2. The van der Waals surface area contributed by atoms with E-state index in [4.69, 9.17) is 4.74 Å². The van der Waals surface area contributed by atoms with Gasteiger partial charge >= 0.3 is 5.97 Å². The minimum Gasteiger partial charge on any atom is -0.463 e. The number of ether oxygens (including phenoxy) is 1. The summed E-state index contributed by atoms with van der Waals surface area (Å²) in [6.45, 7) is 10.5. The van der Waals surface area contributed by atoms with Gasteiger partial charge in [0.15, 0.2) is 0 Å². The van der Waals surface area contributed by atoms with Crippen LogP contribution < -0.4 is 0 Å². The zero-order valence-electron chi connectivity index (χ0n) is 18.2. The highest BCUT2D eigenvalue weighted by atomic mass is 79.9. The highest BCUT2D eigenvalue weighted by molar-refractivity contribution is 9.10. The van der Waals surface area contributed by atoms with Gasteiger partial charge in [-0.15, -0.1) is 0 Å². The molecule has 4 saturated carbocycles. The summed E-state index contributed by atoms with van der Waals surface area (Å²) < 4.78 is 5.24. The third kappa shape index (κ3) is 2.72. The molecule has 28 heavy (non-hydrogen) atoms. The van der Waals surface area contributed by atoms with E-state index in [1.165, 1.54) is 39.0 Å². The molecule has 0 aromatic heterocycles. The smallest absolute Gasteiger partial charge is 0.302 e. The van der Waals surface area contributed by atoms with Gasteiger partial charge in [0.1, 0.15) is 11.9 Å². The van der Waals surface area contributed by atoms with Crippen molar-refractivity contribution in [2.45, 2.75) is 96.4 Å². The Kier molecular flexibility index (Phi) is 5.08. The first-order valence-corrected chi connectivity index (χ1v) is 12.2. The molecule has 3 nitrogen and oxygen atoms in total. The van der Waals surface area contributed by atoms with Crippen LogP contribution in [0.4, 0.5) is 0 Å². The van der Waals surface area contributed by atoms with E-state index < -0.39 is 0 Å². The van der Waals surface area contributed by atoms with Crippen LogP contribution in [0, 0.1) is 40.4 Å². The molecule has 0 amide bonds. The lowest BCUT2D eigenvalue weighted by Gasteiger charge is -2.61. The van der Waals surface area contributed by atoms with E-state index in [0.29, 0.717) is 29.0 Å². The first-order valence-electron chi connectivity index (χ1n) is 11.4. The molecule has 0 unspecified atom stereocenters. The fourth-order valence-corrected chi connectivity index (χ4v) is 9.30. The van der Waals surface area contributed by atoms with E-state index in [0.717, 1.165) is 31.1 Å². The van der Waals surface area contributed by atoms with Gasteiger partial charge in [0, 0.05) is 6.92 Å². The number of alkyl halides is 1. The molecule has 0 saturated heterocycles. The summed E-state index contributed by atoms with van der Waals surface area (Å²) in [5.41, 5.74) is 0.454. The lowest BCUT2D eigenvalue weighted by molar-refractivity contribution is -0.160. The van der Waals surface area contributed by atoms with Crippen LogP contribution in [-0.4, -0.2) is 22.2 Å². The summed E-state index contributed by atoms with van der Waals surface area (Å²) in [6, 6.07) is 0. The molecule has 158 valence electrons. The molecule has 4 aliphatic rings. The van der Waals surface area contributed by atoms with Crippen molar-refractivity contribution in [3.05, 3.63) is 0 Å². The van der Waals surface area contributed by atoms with Crippen molar-refractivity contribution >= 4 is 27.7 Å². The van der Waals surface area contributed by atoms with Gasteiger partial charge in [0.25, 0.3) is 0 Å². The summed E-state index contributed by atoms with van der Waals surface area (Å²) in [5.74, 6) is 3.43. The molecular formula is C24H37BrO3. The van der Waals surface area contributed by atoms with Crippen LogP contribution in [0.1, 0.15) is 86.0 Å². The molecule has 4 aliphatic carbocycles. The van der Waals surface area contributed by atoms with E-state index in [1.807, 2.05) is 0 Å². The quantitative estimate of drug-likeness (QED) is 0.385. The number of Topliss-reactive ketones (excluding diaryl/α,β-unsaturated/α-hetero) is 1. The van der Waals surface area contributed by atoms with Crippen LogP contribution in [0.5, 0.6) is 0 Å². The van der Waals surface area contributed by atoms with Crippen molar-refractivity contribution in [3.8, 4) is 0 Å². The Labute approximate surface area is 178 Å². The molecule has 0 aliphatic heterocycles. The molecule has 0 radical (unpaired) electrons. The van der Waals surface area contributed by atoms with Crippen molar-refractivity contribution < 1.29 is 14.3 Å². The second-order valence-corrected chi connectivity index (χ2v) is 12.3. The minimum atomic E-state index is -0.347. The highest BCUT2D eigenvalue weighted by Crippen LogP contribution is 2.71. The average molecular weight is 453 g/mol. The molecule has 4 fully saturated rings. The lowest BCUT2D eigenvalue weighted by atomic mass is 9.44. The predicted molar refractivity (Wildman–Crippen MR) is 114 cm³/mol. The largest absolute Gasteiger partial charge is 0.463 e. The van der Waals surface area contributed by atoms with Crippen LogP contribution in [-0.2, 0) is 14.3 Å². The average Bonchev–Trinajstić information content (AvgIpc) is 2.83. The highest BCUT2D eigenvalue weighted by Gasteiger charge is 2.68. The summed E-state index contributed by atoms with van der Waals surface area (Å²) in [5, 5.41) is 0. The van der Waals surface area contributed by atoms with Gasteiger partial charge in [0.2, 0.25) is 0 Å². The maximum atomic E-state index is 12.7. The number of halogens is 1. The van der Waals surface area contributed by atoms with Crippen molar-refractivity contribution in [2.24, 2.45) is 40.4 Å². The summed E-state index contributed by atoms with van der Waals surface area (Å²) >= 11 is 4.01. The van der Waals surface area contributed by atoms with Gasteiger partial charge in [-0.25, -0.2) is 0 Å². The summed E-state index contributed by atoms with van der Waals surface area (Å²) in [6.07, 6.45) is 9.50. The molecule has 0 heterocycles. The van der Waals surface area contributed by atoms with E-state index >= 15 is 0 Å². The number of ketones is 1. The Morgan fingerprint density at radius 2 is 1.68 bits per heavy atom. The number of fused-ring (bicyclic) bond motifs is 5. The standard InChI is InChI=1S/C24H37BrO3/c1-14-12-21-19-7-6-17-13-18(28-16(3)27)8-10-22(17,4)20(19)9-11-23(21,5)24(14,25)15(2)26/h14,17-21H,6-13H2,1-5H3/t14-,17+,18-,19-,20-,21+,22+,23+,24+/m1/s1. The Bertz CT molecular complexity index is 677. The third-order valence-electron chi connectivity index (χ3n) is 9.97. The molecule has 0 aromatic carbocycles. The van der Waals surface area contributed by atoms with Crippen LogP contribution in [0.25, 0.3) is 0 Å². The zero-order chi connectivity index (χ0) is 20.5. The Hall–Kier alpha value is -0.380. The Balaban J connectivity index is 1.59. The van der Waals surface area contributed by atoms with Gasteiger partial charge in [0.05, 0.1) is 4.32 Å². The monoisotopic (exact) mass is 452 g/mol. The van der Waals surface area contributed by atoms with Gasteiger partial charge in [-0.1, -0.05) is 36.7 Å². The number of hydrogen-bond acceptors (Lipinski definition) is 3. The first kappa shape index (κ1) is 20.9. The molecule has 4 rings (SSSR count). The number of carbonyl (C=O) groups is 2. The van der Waals surface area contributed by atoms with Crippen LogP contribution in [0.15, 0.2) is 0 Å². The maximum Gasteiger partial charge on any atom is 0.302 e.